The lowest BCUT2D eigenvalue weighted by Crippen LogP contribution is -2.48. The van der Waals surface area contributed by atoms with Crippen molar-refractivity contribution in [1.29, 1.82) is 0 Å². The smallest absolute Gasteiger partial charge is 0.341 e. The largest absolute Gasteiger partial charge is 0.493 e. The van der Waals surface area contributed by atoms with Crippen molar-refractivity contribution in [2.24, 2.45) is 5.92 Å². The quantitative estimate of drug-likeness (QED) is 0.585. The number of carbonyl (C=O) groups is 2. The summed E-state index contributed by atoms with van der Waals surface area (Å²) in [6.45, 7) is 7.03. The lowest BCUT2D eigenvalue weighted by molar-refractivity contribution is -0.124. The molecule has 0 spiro atoms. The molecule has 25 heavy (non-hydrogen) atoms. The molecule has 1 aliphatic heterocycles. The molecule has 5 nitrogen and oxygen atoms in total. The van der Waals surface area contributed by atoms with Crippen LogP contribution < -0.4 is 4.74 Å². The highest BCUT2D eigenvalue weighted by molar-refractivity contribution is 5.90. The van der Waals surface area contributed by atoms with Gasteiger partial charge in [0.05, 0.1) is 12.2 Å². The summed E-state index contributed by atoms with van der Waals surface area (Å²) in [5, 5.41) is 0. The molecule has 0 atom stereocenters. The van der Waals surface area contributed by atoms with E-state index in [4.69, 9.17) is 9.47 Å². The lowest BCUT2D eigenvalue weighted by atomic mass is 10.0. The molecule has 136 valence electrons. The minimum Gasteiger partial charge on any atom is -0.493 e. The zero-order valence-corrected chi connectivity index (χ0v) is 14.9. The van der Waals surface area contributed by atoms with Gasteiger partial charge in [-0.05, 0) is 51.2 Å². The second-order valence-corrected chi connectivity index (χ2v) is 7.88. The molecule has 6 heteroatoms. The maximum atomic E-state index is 14.4. The fourth-order valence-electron chi connectivity index (χ4n) is 2.91. The number of hydrogen-bond acceptors (Lipinski definition) is 4. The van der Waals surface area contributed by atoms with E-state index in [2.05, 4.69) is 0 Å². The Bertz CT molecular complexity index is 673. The van der Waals surface area contributed by atoms with E-state index in [1.54, 1.807) is 31.7 Å². The molecule has 0 unspecified atom stereocenters. The first-order valence-corrected chi connectivity index (χ1v) is 8.66. The number of ether oxygens (including phenoxy) is 2. The van der Waals surface area contributed by atoms with Gasteiger partial charge in [0.2, 0.25) is 6.41 Å². The van der Waals surface area contributed by atoms with E-state index >= 15 is 0 Å². The SMILES string of the molecule is CC(C)(C)OC(=O)c1cc(C2CC2)c(OCC2CN(C=O)C2)cc1F. The number of benzene rings is 1. The van der Waals surface area contributed by atoms with Gasteiger partial charge in [0.25, 0.3) is 0 Å². The zero-order valence-electron chi connectivity index (χ0n) is 14.9. The molecule has 0 radical (unpaired) electrons. The first-order chi connectivity index (χ1) is 11.8. The van der Waals surface area contributed by atoms with Crippen LogP contribution in [-0.4, -0.2) is 42.6 Å². The second-order valence-electron chi connectivity index (χ2n) is 7.88. The number of esters is 1. The number of hydrogen-bond donors (Lipinski definition) is 0. The zero-order chi connectivity index (χ0) is 18.2. The van der Waals surface area contributed by atoms with Crippen LogP contribution in [-0.2, 0) is 9.53 Å². The van der Waals surface area contributed by atoms with Gasteiger partial charge in [-0.15, -0.1) is 0 Å². The molecule has 1 aliphatic carbocycles. The summed E-state index contributed by atoms with van der Waals surface area (Å²) in [6, 6.07) is 2.87. The van der Waals surface area contributed by atoms with Crippen LogP contribution in [0, 0.1) is 11.7 Å². The van der Waals surface area contributed by atoms with Gasteiger partial charge in [0, 0.05) is 25.1 Å². The molecule has 1 saturated heterocycles. The summed E-state index contributed by atoms with van der Waals surface area (Å²) < 4.78 is 25.5. The molecule has 3 rings (SSSR count). The number of carbonyl (C=O) groups excluding carboxylic acids is 2. The van der Waals surface area contributed by atoms with Gasteiger partial charge < -0.3 is 14.4 Å². The molecule has 1 aromatic carbocycles. The Labute approximate surface area is 147 Å². The molecular weight excluding hydrogens is 325 g/mol. The van der Waals surface area contributed by atoms with Gasteiger partial charge in [-0.1, -0.05) is 0 Å². The summed E-state index contributed by atoms with van der Waals surface area (Å²) in [6.07, 6.45) is 2.84. The molecule has 0 bridgehead atoms. The van der Waals surface area contributed by atoms with Crippen molar-refractivity contribution >= 4 is 12.4 Å². The minimum atomic E-state index is -0.673. The van der Waals surface area contributed by atoms with Gasteiger partial charge in [-0.25, -0.2) is 9.18 Å². The van der Waals surface area contributed by atoms with E-state index in [0.717, 1.165) is 24.8 Å². The van der Waals surface area contributed by atoms with Crippen LogP contribution in [0.4, 0.5) is 4.39 Å². The predicted molar refractivity (Wildman–Crippen MR) is 90.2 cm³/mol. The Morgan fingerprint density at radius 3 is 2.56 bits per heavy atom. The summed E-state index contributed by atoms with van der Waals surface area (Å²) in [5.74, 6) is -0.205. The van der Waals surface area contributed by atoms with E-state index in [1.165, 1.54) is 6.07 Å². The van der Waals surface area contributed by atoms with Gasteiger partial charge in [0.1, 0.15) is 17.2 Å². The Morgan fingerprint density at radius 1 is 1.32 bits per heavy atom. The van der Waals surface area contributed by atoms with Crippen LogP contribution >= 0.6 is 0 Å². The molecule has 0 N–H and O–H groups in total. The van der Waals surface area contributed by atoms with Gasteiger partial charge in [0.15, 0.2) is 0 Å². The topological polar surface area (TPSA) is 55.8 Å². The second kappa shape index (κ2) is 6.65. The third-order valence-electron chi connectivity index (χ3n) is 4.34. The molecule has 2 aliphatic rings. The number of nitrogens with zero attached hydrogens (tertiary/aromatic N) is 1. The standard InChI is InChI=1S/C19H24FNO4/c1-19(2,3)25-18(23)15-6-14(13-4-5-13)17(7-16(15)20)24-10-12-8-21(9-12)11-22/h6-7,11-13H,4-5,8-10H2,1-3H3. The van der Waals surface area contributed by atoms with Crippen LogP contribution in [0.2, 0.25) is 0 Å². The Morgan fingerprint density at radius 2 is 2.00 bits per heavy atom. The van der Waals surface area contributed by atoms with Crippen LogP contribution in [0.1, 0.15) is 55.5 Å². The van der Waals surface area contributed by atoms with E-state index in [1.807, 2.05) is 0 Å². The van der Waals surface area contributed by atoms with E-state index < -0.39 is 17.4 Å². The Hall–Kier alpha value is -2.11. The summed E-state index contributed by atoms with van der Waals surface area (Å²) in [5.41, 5.74) is 0.154. The molecule has 0 aromatic heterocycles. The predicted octanol–water partition coefficient (Wildman–Crippen LogP) is 3.13. The van der Waals surface area contributed by atoms with Crippen molar-refractivity contribution in [3.05, 3.63) is 29.1 Å². The molecule has 1 heterocycles. The Kier molecular flexibility index (Phi) is 4.71. The third-order valence-corrected chi connectivity index (χ3v) is 4.34. The van der Waals surface area contributed by atoms with Crippen molar-refractivity contribution in [3.8, 4) is 5.75 Å². The third kappa shape index (κ3) is 4.30. The van der Waals surface area contributed by atoms with Crippen molar-refractivity contribution in [2.45, 2.75) is 45.1 Å². The molecule has 1 aromatic rings. The summed E-state index contributed by atoms with van der Waals surface area (Å²) in [4.78, 5) is 24.5. The highest BCUT2D eigenvalue weighted by Gasteiger charge is 2.32. The van der Waals surface area contributed by atoms with Gasteiger partial charge >= 0.3 is 5.97 Å². The van der Waals surface area contributed by atoms with Crippen molar-refractivity contribution < 1.29 is 23.5 Å². The lowest BCUT2D eigenvalue weighted by Gasteiger charge is -2.36. The van der Waals surface area contributed by atoms with Crippen molar-refractivity contribution in [3.63, 3.8) is 0 Å². The average molecular weight is 349 g/mol. The monoisotopic (exact) mass is 349 g/mol. The van der Waals surface area contributed by atoms with Crippen LogP contribution in [0.25, 0.3) is 0 Å². The maximum absolute atomic E-state index is 14.4. The van der Waals surface area contributed by atoms with E-state index in [9.17, 15) is 14.0 Å². The average Bonchev–Trinajstić information content (AvgIpc) is 3.28. The minimum absolute atomic E-state index is 0.0417. The van der Waals surface area contributed by atoms with Gasteiger partial charge in [-0.2, -0.15) is 0 Å². The highest BCUT2D eigenvalue weighted by Crippen LogP contribution is 2.45. The van der Waals surface area contributed by atoms with Crippen LogP contribution in [0.5, 0.6) is 5.75 Å². The van der Waals surface area contributed by atoms with Crippen LogP contribution in [0.15, 0.2) is 12.1 Å². The van der Waals surface area contributed by atoms with E-state index in [-0.39, 0.29) is 11.5 Å². The summed E-state index contributed by atoms with van der Waals surface area (Å²) >= 11 is 0. The van der Waals surface area contributed by atoms with Gasteiger partial charge in [-0.3, -0.25) is 4.79 Å². The van der Waals surface area contributed by atoms with Crippen LogP contribution in [0.3, 0.4) is 0 Å². The number of amides is 1. The first-order valence-electron chi connectivity index (χ1n) is 8.66. The number of likely N-dealkylation sites (tertiary alicyclic amines) is 1. The normalized spacial score (nSPS) is 17.8. The molecule has 1 saturated carbocycles. The van der Waals surface area contributed by atoms with Crippen molar-refractivity contribution in [1.82, 2.24) is 4.90 Å². The number of halogens is 1. The molecule has 2 fully saturated rings. The van der Waals surface area contributed by atoms with E-state index in [0.29, 0.717) is 31.4 Å². The maximum Gasteiger partial charge on any atom is 0.341 e. The molecular formula is C19H24FNO4. The molecule has 1 amide bonds. The summed E-state index contributed by atoms with van der Waals surface area (Å²) in [7, 11) is 0. The fourth-order valence-corrected chi connectivity index (χ4v) is 2.91. The van der Waals surface area contributed by atoms with Crippen molar-refractivity contribution in [2.75, 3.05) is 19.7 Å². The highest BCUT2D eigenvalue weighted by atomic mass is 19.1. The Balaban J connectivity index is 1.74. The number of rotatable bonds is 6. The first kappa shape index (κ1) is 17.7. The fraction of sp³-hybridized carbons (Fsp3) is 0.579.